The van der Waals surface area contributed by atoms with E-state index >= 15 is 0 Å². The van der Waals surface area contributed by atoms with E-state index in [0.717, 1.165) is 38.5 Å². The number of likely N-dealkylation sites (N-methyl/N-ethyl adjacent to an activating group) is 1. The second kappa shape index (κ2) is 45.1. The van der Waals surface area contributed by atoms with E-state index in [2.05, 4.69) is 31.3 Å². The first-order valence-electron chi connectivity index (χ1n) is 26.7. The summed E-state index contributed by atoms with van der Waals surface area (Å²) >= 11 is 0. The summed E-state index contributed by atoms with van der Waals surface area (Å²) in [7, 11) is 1.58. The lowest BCUT2D eigenvalue weighted by Gasteiger charge is -2.25. The van der Waals surface area contributed by atoms with Crippen molar-refractivity contribution in [3.8, 4) is 0 Å². The zero-order valence-electron chi connectivity index (χ0n) is 41.9. The monoisotopic (exact) mass is 898 g/mol. The minimum atomic E-state index is -4.34. The van der Waals surface area contributed by atoms with Crippen LogP contribution in [0.3, 0.4) is 0 Å². The Morgan fingerprint density at radius 3 is 1.24 bits per heavy atom. The van der Waals surface area contributed by atoms with E-state index in [9.17, 15) is 19.4 Å². The van der Waals surface area contributed by atoms with Gasteiger partial charge in [0.05, 0.1) is 39.9 Å². The molecule has 0 aromatic carbocycles. The van der Waals surface area contributed by atoms with Crippen LogP contribution >= 0.6 is 7.82 Å². The predicted octanol–water partition coefficient (Wildman–Crippen LogP) is 15.6. The summed E-state index contributed by atoms with van der Waals surface area (Å²) in [6.45, 7) is 4.83. The number of phosphoric acid groups is 1. The van der Waals surface area contributed by atoms with Crippen LogP contribution in [0.2, 0.25) is 0 Å². The van der Waals surface area contributed by atoms with Gasteiger partial charge in [-0.1, -0.05) is 231 Å². The van der Waals surface area contributed by atoms with Crippen LogP contribution in [0.4, 0.5) is 0 Å². The van der Waals surface area contributed by atoms with E-state index < -0.39 is 20.0 Å². The fraction of sp³-hybridized carbons (Fsp3) is 0.906. The molecule has 0 aromatic heterocycles. The number of quaternary nitrogens is 1. The second-order valence-corrected chi connectivity index (χ2v) is 21.1. The van der Waals surface area contributed by atoms with Gasteiger partial charge in [0, 0.05) is 6.42 Å². The molecular weight excluding hydrogens is 792 g/mol. The fourth-order valence-corrected chi connectivity index (χ4v) is 8.66. The van der Waals surface area contributed by atoms with Crippen LogP contribution < -0.4 is 5.32 Å². The Morgan fingerprint density at radius 1 is 0.532 bits per heavy atom. The smallest absolute Gasteiger partial charge is 0.387 e. The Morgan fingerprint density at radius 2 is 0.871 bits per heavy atom. The molecule has 9 heteroatoms. The van der Waals surface area contributed by atoms with Crippen molar-refractivity contribution in [3.05, 3.63) is 24.3 Å². The summed E-state index contributed by atoms with van der Waals surface area (Å²) in [5.74, 6) is -0.176. The Balaban J connectivity index is 4.09. The van der Waals surface area contributed by atoms with Gasteiger partial charge in [0.25, 0.3) is 0 Å². The Kier molecular flexibility index (Phi) is 44.4. The Hall–Kier alpha value is -1.02. The highest BCUT2D eigenvalue weighted by atomic mass is 31.2. The van der Waals surface area contributed by atoms with Crippen molar-refractivity contribution in [3.63, 3.8) is 0 Å². The lowest BCUT2D eigenvalue weighted by Crippen LogP contribution is -2.45. The molecule has 62 heavy (non-hydrogen) atoms. The molecule has 8 nitrogen and oxygen atoms in total. The molecule has 0 saturated heterocycles. The van der Waals surface area contributed by atoms with Gasteiger partial charge in [0.1, 0.15) is 13.2 Å². The van der Waals surface area contributed by atoms with Gasteiger partial charge < -0.3 is 19.8 Å². The summed E-state index contributed by atoms with van der Waals surface area (Å²) in [5, 5.41) is 13.9. The first-order chi connectivity index (χ1) is 30.0. The molecule has 0 bridgehead atoms. The maximum Gasteiger partial charge on any atom is 0.472 e. The quantitative estimate of drug-likeness (QED) is 0.0243. The number of hydrogen-bond donors (Lipinski definition) is 3. The average molecular weight is 898 g/mol. The molecule has 0 saturated carbocycles. The molecule has 0 rings (SSSR count). The molecule has 0 aliphatic rings. The SMILES string of the molecule is CCCCCCCCCCCC/C=C/C(O)C(COP(=O)(O)OCC[N+](C)(C)C)NC(=O)CCCCCCCCCCCCCC/C=C\CCCCCCCCCCCCCC. The normalized spacial score (nSPS) is 14.2. The number of aliphatic hydroxyl groups is 1. The number of aliphatic hydroxyl groups excluding tert-OH is 1. The van der Waals surface area contributed by atoms with E-state index in [1.807, 2.05) is 27.2 Å². The number of carbonyl (C=O) groups is 1. The number of amides is 1. The number of hydrogen-bond acceptors (Lipinski definition) is 5. The highest BCUT2D eigenvalue weighted by Gasteiger charge is 2.27. The Labute approximate surface area is 385 Å². The molecule has 0 spiro atoms. The summed E-state index contributed by atoms with van der Waals surface area (Å²) in [4.78, 5) is 23.2. The molecule has 3 atom stereocenters. The van der Waals surface area contributed by atoms with Gasteiger partial charge in [0.15, 0.2) is 0 Å². The third kappa shape index (κ3) is 47.0. The van der Waals surface area contributed by atoms with Crippen LogP contribution in [0, 0.1) is 0 Å². The Bertz CT molecular complexity index is 1060. The molecule has 3 unspecified atom stereocenters. The van der Waals surface area contributed by atoms with Crippen LogP contribution in [0.25, 0.3) is 0 Å². The van der Waals surface area contributed by atoms with E-state index in [4.69, 9.17) is 9.05 Å². The number of unbranched alkanes of at least 4 members (excludes halogenated alkanes) is 34. The summed E-state index contributed by atoms with van der Waals surface area (Å²) in [5.41, 5.74) is 0. The highest BCUT2D eigenvalue weighted by molar-refractivity contribution is 7.47. The van der Waals surface area contributed by atoms with Gasteiger partial charge in [-0.3, -0.25) is 13.8 Å². The van der Waals surface area contributed by atoms with Crippen LogP contribution in [0.1, 0.15) is 258 Å². The van der Waals surface area contributed by atoms with Gasteiger partial charge in [-0.25, -0.2) is 4.57 Å². The fourth-order valence-electron chi connectivity index (χ4n) is 7.92. The van der Waals surface area contributed by atoms with Crippen molar-refractivity contribution in [2.24, 2.45) is 0 Å². The van der Waals surface area contributed by atoms with E-state index in [-0.39, 0.29) is 19.1 Å². The minimum Gasteiger partial charge on any atom is -0.387 e. The first-order valence-corrected chi connectivity index (χ1v) is 28.2. The molecule has 0 radical (unpaired) electrons. The largest absolute Gasteiger partial charge is 0.472 e. The van der Waals surface area contributed by atoms with Crippen molar-refractivity contribution in [2.45, 2.75) is 270 Å². The lowest BCUT2D eigenvalue weighted by atomic mass is 10.0. The van der Waals surface area contributed by atoms with Crippen molar-refractivity contribution in [1.82, 2.24) is 5.32 Å². The highest BCUT2D eigenvalue weighted by Crippen LogP contribution is 2.43. The molecule has 368 valence electrons. The molecule has 0 fully saturated rings. The van der Waals surface area contributed by atoms with Crippen LogP contribution in [0.15, 0.2) is 24.3 Å². The molecule has 0 heterocycles. The van der Waals surface area contributed by atoms with E-state index in [1.165, 1.54) is 199 Å². The van der Waals surface area contributed by atoms with Crippen molar-refractivity contribution in [2.75, 3.05) is 40.9 Å². The van der Waals surface area contributed by atoms with Crippen LogP contribution in [-0.4, -0.2) is 73.4 Å². The van der Waals surface area contributed by atoms with E-state index in [1.54, 1.807) is 6.08 Å². The third-order valence-electron chi connectivity index (χ3n) is 12.2. The second-order valence-electron chi connectivity index (χ2n) is 19.6. The van der Waals surface area contributed by atoms with Gasteiger partial charge in [-0.05, 0) is 44.9 Å². The van der Waals surface area contributed by atoms with E-state index in [0.29, 0.717) is 17.4 Å². The minimum absolute atomic E-state index is 0.0629. The molecule has 1 amide bonds. The van der Waals surface area contributed by atoms with Crippen LogP contribution in [-0.2, 0) is 18.4 Å². The number of allylic oxidation sites excluding steroid dienone is 3. The number of nitrogens with zero attached hydrogens (tertiary/aromatic N) is 1. The van der Waals surface area contributed by atoms with Crippen molar-refractivity contribution < 1.29 is 32.9 Å². The third-order valence-corrected chi connectivity index (χ3v) is 13.1. The number of carbonyl (C=O) groups excluding carboxylic acids is 1. The molecule has 0 aliphatic carbocycles. The zero-order chi connectivity index (χ0) is 45.7. The van der Waals surface area contributed by atoms with Crippen molar-refractivity contribution in [1.29, 1.82) is 0 Å². The van der Waals surface area contributed by atoms with Gasteiger partial charge in [0.2, 0.25) is 5.91 Å². The molecule has 0 aliphatic heterocycles. The number of rotatable bonds is 49. The average Bonchev–Trinajstić information content (AvgIpc) is 3.23. The molecule has 0 aromatic rings. The zero-order valence-corrected chi connectivity index (χ0v) is 42.8. The molecular formula is C53H106N2O6P+. The lowest BCUT2D eigenvalue weighted by molar-refractivity contribution is -0.870. The molecule has 3 N–H and O–H groups in total. The standard InChI is InChI=1S/C53H105N2O6P/c1-6-8-10-12-14-16-18-20-21-22-23-24-25-26-27-28-29-30-31-32-33-34-35-37-39-41-43-45-47-53(57)54-51(50-61-62(58,59)60-49-48-55(3,4)5)52(56)46-44-42-40-38-36-19-17-15-13-11-9-7-2/h26-27,44,46,51-52,56H,6-25,28-43,45,47-50H2,1-5H3,(H-,54,57,58,59)/p+1/b27-26-,46-44+. The van der Waals surface area contributed by atoms with Gasteiger partial charge in [-0.2, -0.15) is 0 Å². The number of phosphoric ester groups is 1. The van der Waals surface area contributed by atoms with Crippen LogP contribution in [0.5, 0.6) is 0 Å². The summed E-state index contributed by atoms with van der Waals surface area (Å²) < 4.78 is 23.6. The topological polar surface area (TPSA) is 105 Å². The summed E-state index contributed by atoms with van der Waals surface area (Å²) in [6, 6.07) is -0.843. The maximum atomic E-state index is 12.9. The van der Waals surface area contributed by atoms with Gasteiger partial charge in [-0.15, -0.1) is 0 Å². The summed E-state index contributed by atoms with van der Waals surface area (Å²) in [6.07, 6.45) is 55.6. The maximum absolute atomic E-state index is 12.9. The van der Waals surface area contributed by atoms with Crippen molar-refractivity contribution >= 4 is 13.7 Å². The predicted molar refractivity (Wildman–Crippen MR) is 268 cm³/mol. The first kappa shape index (κ1) is 61.0. The number of nitrogens with one attached hydrogen (secondary N) is 1. The van der Waals surface area contributed by atoms with Gasteiger partial charge >= 0.3 is 7.82 Å².